The number of terminal acetylenes is 1. The number of benzene rings is 1. The van der Waals surface area contributed by atoms with E-state index in [0.717, 1.165) is 5.56 Å². The third-order valence-electron chi connectivity index (χ3n) is 2.96. The highest BCUT2D eigenvalue weighted by atomic mass is 35.5. The zero-order chi connectivity index (χ0) is 13.9. The molecular formula is C14H15Cl2NO. The fourth-order valence-electron chi connectivity index (χ4n) is 1.33. The molecule has 0 aliphatic rings. The van der Waals surface area contributed by atoms with Crippen molar-refractivity contribution in [1.29, 1.82) is 0 Å². The maximum absolute atomic E-state index is 12.1. The van der Waals surface area contributed by atoms with E-state index in [1.54, 1.807) is 26.0 Å². The first-order valence-corrected chi connectivity index (χ1v) is 6.34. The molecule has 1 aromatic carbocycles. The average Bonchev–Trinajstić information content (AvgIpc) is 2.35. The number of nitrogens with one attached hydrogen (secondary N) is 1. The Morgan fingerprint density at radius 2 is 1.94 bits per heavy atom. The summed E-state index contributed by atoms with van der Waals surface area (Å²) in [5.74, 6) is 2.29. The SMILES string of the molecule is C#CC(C)(CC)NC(=O)c1cc(Cl)c(C)c(Cl)c1. The van der Waals surface area contributed by atoms with Crippen LogP contribution in [0.3, 0.4) is 0 Å². The second-order valence-corrected chi connectivity index (χ2v) is 5.16. The number of carbonyl (C=O) groups is 1. The van der Waals surface area contributed by atoms with Gasteiger partial charge in [-0.3, -0.25) is 4.79 Å². The molecule has 4 heteroatoms. The molecule has 0 fully saturated rings. The minimum Gasteiger partial charge on any atom is -0.336 e. The summed E-state index contributed by atoms with van der Waals surface area (Å²) in [5.41, 5.74) is 0.497. The van der Waals surface area contributed by atoms with Crippen LogP contribution >= 0.6 is 23.2 Å². The third-order valence-corrected chi connectivity index (χ3v) is 3.74. The van der Waals surface area contributed by atoms with E-state index in [0.29, 0.717) is 22.0 Å². The molecule has 0 aliphatic heterocycles. The highest BCUT2D eigenvalue weighted by Gasteiger charge is 2.22. The summed E-state index contributed by atoms with van der Waals surface area (Å²) in [6.45, 7) is 5.50. The highest BCUT2D eigenvalue weighted by molar-refractivity contribution is 6.36. The van der Waals surface area contributed by atoms with Crippen molar-refractivity contribution in [2.45, 2.75) is 32.7 Å². The molecule has 0 aliphatic carbocycles. The van der Waals surface area contributed by atoms with Crippen molar-refractivity contribution < 1.29 is 4.79 Å². The van der Waals surface area contributed by atoms with E-state index in [2.05, 4.69) is 11.2 Å². The number of hydrogen-bond acceptors (Lipinski definition) is 1. The summed E-state index contributed by atoms with van der Waals surface area (Å²) in [7, 11) is 0. The quantitative estimate of drug-likeness (QED) is 0.840. The van der Waals surface area contributed by atoms with Crippen molar-refractivity contribution in [3.05, 3.63) is 33.3 Å². The van der Waals surface area contributed by atoms with Gasteiger partial charge in [0, 0.05) is 15.6 Å². The molecule has 0 bridgehead atoms. The van der Waals surface area contributed by atoms with Gasteiger partial charge in [-0.1, -0.05) is 36.0 Å². The Bertz CT molecular complexity index is 496. The van der Waals surface area contributed by atoms with Crippen LogP contribution in [0.15, 0.2) is 12.1 Å². The lowest BCUT2D eigenvalue weighted by Crippen LogP contribution is -2.44. The van der Waals surface area contributed by atoms with Gasteiger partial charge >= 0.3 is 0 Å². The fourth-order valence-corrected chi connectivity index (χ4v) is 1.81. The van der Waals surface area contributed by atoms with Gasteiger partial charge in [0.05, 0.1) is 5.54 Å². The van der Waals surface area contributed by atoms with Crippen molar-refractivity contribution in [3.8, 4) is 12.3 Å². The lowest BCUT2D eigenvalue weighted by molar-refractivity contribution is 0.0924. The van der Waals surface area contributed by atoms with E-state index >= 15 is 0 Å². The molecule has 0 saturated heterocycles. The Labute approximate surface area is 118 Å². The molecule has 0 spiro atoms. The number of hydrogen-bond donors (Lipinski definition) is 1. The molecule has 1 unspecified atom stereocenters. The van der Waals surface area contributed by atoms with Crippen LogP contribution in [0.2, 0.25) is 10.0 Å². The van der Waals surface area contributed by atoms with Crippen LogP contribution < -0.4 is 5.32 Å². The van der Waals surface area contributed by atoms with Crippen LogP contribution in [0.1, 0.15) is 36.2 Å². The Hall–Kier alpha value is -1.17. The summed E-state index contributed by atoms with van der Waals surface area (Å²) in [6.07, 6.45) is 6.05. The highest BCUT2D eigenvalue weighted by Crippen LogP contribution is 2.25. The Morgan fingerprint density at radius 3 is 2.33 bits per heavy atom. The molecule has 0 heterocycles. The lowest BCUT2D eigenvalue weighted by atomic mass is 9.99. The molecule has 1 rings (SSSR count). The molecule has 1 amide bonds. The Balaban J connectivity index is 3.03. The molecule has 96 valence electrons. The van der Waals surface area contributed by atoms with E-state index in [-0.39, 0.29) is 5.91 Å². The standard InChI is InChI=1S/C14H15Cl2NO/c1-5-14(4,6-2)17-13(18)10-7-11(15)9(3)12(16)8-10/h1,7-8H,6H2,2-4H3,(H,17,18). The van der Waals surface area contributed by atoms with Gasteiger partial charge in [0.1, 0.15) is 0 Å². The van der Waals surface area contributed by atoms with Crippen molar-refractivity contribution >= 4 is 29.1 Å². The fraction of sp³-hybridized carbons (Fsp3) is 0.357. The summed E-state index contributed by atoms with van der Waals surface area (Å²) in [4.78, 5) is 12.1. The zero-order valence-electron chi connectivity index (χ0n) is 10.6. The van der Waals surface area contributed by atoms with Gasteiger partial charge in [0.25, 0.3) is 5.91 Å². The topological polar surface area (TPSA) is 29.1 Å². The van der Waals surface area contributed by atoms with Gasteiger partial charge in [-0.05, 0) is 38.0 Å². The van der Waals surface area contributed by atoms with Crippen molar-refractivity contribution in [3.63, 3.8) is 0 Å². The Kier molecular flexibility index (Phi) is 4.67. The first-order chi connectivity index (χ1) is 8.33. The number of halogens is 2. The lowest BCUT2D eigenvalue weighted by Gasteiger charge is -2.23. The number of amides is 1. The van der Waals surface area contributed by atoms with Crippen LogP contribution in [0, 0.1) is 19.3 Å². The first-order valence-electron chi connectivity index (χ1n) is 5.59. The van der Waals surface area contributed by atoms with E-state index in [1.807, 2.05) is 6.92 Å². The monoisotopic (exact) mass is 283 g/mol. The van der Waals surface area contributed by atoms with E-state index in [1.165, 1.54) is 0 Å². The van der Waals surface area contributed by atoms with Gasteiger partial charge in [-0.2, -0.15) is 0 Å². The van der Waals surface area contributed by atoms with Gasteiger partial charge in [-0.25, -0.2) is 0 Å². The molecule has 0 saturated carbocycles. The first kappa shape index (κ1) is 14.9. The predicted molar refractivity (Wildman–Crippen MR) is 76.2 cm³/mol. The molecule has 1 N–H and O–H groups in total. The molecule has 0 radical (unpaired) electrons. The molecule has 1 aromatic rings. The van der Waals surface area contributed by atoms with Crippen LogP contribution in [-0.2, 0) is 0 Å². The van der Waals surface area contributed by atoms with Gasteiger partial charge in [0.2, 0.25) is 0 Å². The van der Waals surface area contributed by atoms with Crippen LogP contribution in [-0.4, -0.2) is 11.4 Å². The van der Waals surface area contributed by atoms with Crippen molar-refractivity contribution in [2.75, 3.05) is 0 Å². The number of rotatable bonds is 3. The maximum atomic E-state index is 12.1. The second kappa shape index (κ2) is 5.65. The number of carbonyl (C=O) groups excluding carboxylic acids is 1. The van der Waals surface area contributed by atoms with E-state index < -0.39 is 5.54 Å². The largest absolute Gasteiger partial charge is 0.336 e. The molecular weight excluding hydrogens is 269 g/mol. The van der Waals surface area contributed by atoms with Crippen LogP contribution in [0.5, 0.6) is 0 Å². The summed E-state index contributed by atoms with van der Waals surface area (Å²) >= 11 is 12.0. The Morgan fingerprint density at radius 1 is 1.44 bits per heavy atom. The maximum Gasteiger partial charge on any atom is 0.252 e. The molecule has 0 aromatic heterocycles. The van der Waals surface area contributed by atoms with E-state index in [9.17, 15) is 4.79 Å². The molecule has 18 heavy (non-hydrogen) atoms. The van der Waals surface area contributed by atoms with Crippen LogP contribution in [0.25, 0.3) is 0 Å². The summed E-state index contributed by atoms with van der Waals surface area (Å²) in [5, 5.41) is 3.72. The van der Waals surface area contributed by atoms with Crippen LogP contribution in [0.4, 0.5) is 0 Å². The predicted octanol–water partition coefficient (Wildman–Crippen LogP) is 3.83. The average molecular weight is 284 g/mol. The second-order valence-electron chi connectivity index (χ2n) is 4.35. The summed E-state index contributed by atoms with van der Waals surface area (Å²) < 4.78 is 0. The van der Waals surface area contributed by atoms with Gasteiger partial charge < -0.3 is 5.32 Å². The van der Waals surface area contributed by atoms with E-state index in [4.69, 9.17) is 29.6 Å². The van der Waals surface area contributed by atoms with Gasteiger partial charge in [-0.15, -0.1) is 6.42 Å². The zero-order valence-corrected chi connectivity index (χ0v) is 12.1. The van der Waals surface area contributed by atoms with Crippen molar-refractivity contribution in [1.82, 2.24) is 5.32 Å². The van der Waals surface area contributed by atoms with Gasteiger partial charge in [0.15, 0.2) is 0 Å². The summed E-state index contributed by atoms with van der Waals surface area (Å²) in [6, 6.07) is 3.18. The minimum atomic E-state index is -0.666. The normalized spacial score (nSPS) is 13.6. The molecule has 2 nitrogen and oxygen atoms in total. The third kappa shape index (κ3) is 3.19. The van der Waals surface area contributed by atoms with Crippen molar-refractivity contribution in [2.24, 2.45) is 0 Å². The smallest absolute Gasteiger partial charge is 0.252 e. The molecule has 1 atom stereocenters. The minimum absolute atomic E-state index is 0.277.